The molecular formula is C15H25N3O2. The Labute approximate surface area is 120 Å². The minimum Gasteiger partial charge on any atom is -0.361 e. The lowest BCUT2D eigenvalue weighted by atomic mass is 9.89. The van der Waals surface area contributed by atoms with Crippen molar-refractivity contribution >= 4 is 5.91 Å². The van der Waals surface area contributed by atoms with Crippen LogP contribution in [0.25, 0.3) is 0 Å². The summed E-state index contributed by atoms with van der Waals surface area (Å²) < 4.78 is 5.42. The van der Waals surface area contributed by atoms with Crippen molar-refractivity contribution in [1.82, 2.24) is 15.4 Å². The van der Waals surface area contributed by atoms with Crippen molar-refractivity contribution in [1.29, 1.82) is 0 Å². The maximum Gasteiger partial charge on any atom is 0.225 e. The number of nitrogens with zero attached hydrogens (tertiary/aromatic N) is 2. The minimum atomic E-state index is -0.346. The first-order chi connectivity index (χ1) is 9.27. The molecule has 1 unspecified atom stereocenters. The third-order valence-corrected chi connectivity index (χ3v) is 3.60. The van der Waals surface area contributed by atoms with Crippen molar-refractivity contribution in [3.63, 3.8) is 0 Å². The van der Waals surface area contributed by atoms with E-state index in [9.17, 15) is 4.79 Å². The number of aromatic nitrogens is 1. The fraction of sp³-hybridized carbons (Fsp3) is 0.733. The highest BCUT2D eigenvalue weighted by atomic mass is 16.5. The molecule has 20 heavy (non-hydrogen) atoms. The zero-order valence-electron chi connectivity index (χ0n) is 13.1. The van der Waals surface area contributed by atoms with Crippen LogP contribution >= 0.6 is 0 Å². The van der Waals surface area contributed by atoms with E-state index in [0.29, 0.717) is 0 Å². The molecule has 5 heteroatoms. The average Bonchev–Trinajstić information content (AvgIpc) is 2.70. The molecule has 0 spiro atoms. The van der Waals surface area contributed by atoms with Crippen molar-refractivity contribution in [2.24, 2.45) is 5.41 Å². The molecule has 0 bridgehead atoms. The zero-order valence-corrected chi connectivity index (χ0v) is 13.1. The van der Waals surface area contributed by atoms with E-state index in [-0.39, 0.29) is 17.4 Å². The van der Waals surface area contributed by atoms with Crippen molar-refractivity contribution in [3.8, 4) is 0 Å². The summed E-state index contributed by atoms with van der Waals surface area (Å²) in [6.07, 6.45) is 2.60. The largest absolute Gasteiger partial charge is 0.361 e. The summed E-state index contributed by atoms with van der Waals surface area (Å²) in [6.45, 7) is 6.59. The van der Waals surface area contributed by atoms with Crippen LogP contribution in [0.4, 0.5) is 0 Å². The van der Waals surface area contributed by atoms with Gasteiger partial charge in [0.25, 0.3) is 0 Å². The topological polar surface area (TPSA) is 58.4 Å². The number of nitrogens with one attached hydrogen (secondary N) is 1. The van der Waals surface area contributed by atoms with E-state index < -0.39 is 0 Å². The van der Waals surface area contributed by atoms with E-state index in [0.717, 1.165) is 37.3 Å². The first kappa shape index (κ1) is 15.0. The second-order valence-electron chi connectivity index (χ2n) is 6.93. The van der Waals surface area contributed by atoms with Crippen LogP contribution in [0.1, 0.15) is 44.2 Å². The normalized spacial score (nSPS) is 19.0. The summed E-state index contributed by atoms with van der Waals surface area (Å²) in [5, 5.41) is 7.32. The molecule has 1 heterocycles. The monoisotopic (exact) mass is 279 g/mol. The Morgan fingerprint density at radius 2 is 2.15 bits per heavy atom. The highest BCUT2D eigenvalue weighted by Crippen LogP contribution is 2.26. The molecule has 0 fully saturated rings. The highest BCUT2D eigenvalue weighted by Gasteiger charge is 2.29. The number of rotatable bonds is 3. The number of fused-ring (bicyclic) bond motifs is 1. The Bertz CT molecular complexity index is 486. The van der Waals surface area contributed by atoms with Crippen LogP contribution in [0.5, 0.6) is 0 Å². The molecular weight excluding hydrogens is 254 g/mol. The van der Waals surface area contributed by atoms with E-state index in [4.69, 9.17) is 4.52 Å². The molecule has 0 aromatic carbocycles. The molecule has 1 aromatic rings. The summed E-state index contributed by atoms with van der Waals surface area (Å²) in [7, 11) is 4.03. The van der Waals surface area contributed by atoms with Gasteiger partial charge in [-0.15, -0.1) is 0 Å². The van der Waals surface area contributed by atoms with Crippen LogP contribution in [-0.4, -0.2) is 36.1 Å². The van der Waals surface area contributed by atoms with Gasteiger partial charge in [0.05, 0.1) is 0 Å². The van der Waals surface area contributed by atoms with Crippen LogP contribution in [-0.2, 0) is 24.2 Å². The molecule has 5 nitrogen and oxygen atoms in total. The SMILES string of the molecule is CN(C)Cc1noc2c1CC(NC(=O)C(C)(C)C)CC2. The van der Waals surface area contributed by atoms with Crippen LogP contribution in [0.2, 0.25) is 0 Å². The first-order valence-electron chi connectivity index (χ1n) is 7.19. The summed E-state index contributed by atoms with van der Waals surface area (Å²) in [4.78, 5) is 14.2. The Morgan fingerprint density at radius 1 is 1.45 bits per heavy atom. The highest BCUT2D eigenvalue weighted by molar-refractivity contribution is 5.81. The van der Waals surface area contributed by atoms with Crippen molar-refractivity contribution < 1.29 is 9.32 Å². The molecule has 1 aliphatic rings. The van der Waals surface area contributed by atoms with Gasteiger partial charge in [0.2, 0.25) is 5.91 Å². The van der Waals surface area contributed by atoms with Gasteiger partial charge in [-0.1, -0.05) is 25.9 Å². The van der Waals surface area contributed by atoms with Crippen LogP contribution < -0.4 is 5.32 Å². The second-order valence-corrected chi connectivity index (χ2v) is 6.93. The minimum absolute atomic E-state index is 0.108. The number of hydrogen-bond donors (Lipinski definition) is 1. The lowest BCUT2D eigenvalue weighted by molar-refractivity contribution is -0.129. The smallest absolute Gasteiger partial charge is 0.225 e. The molecule has 1 amide bonds. The molecule has 1 aromatic heterocycles. The molecule has 112 valence electrons. The van der Waals surface area contributed by atoms with Gasteiger partial charge in [0.15, 0.2) is 0 Å². The Kier molecular flexibility index (Phi) is 4.18. The van der Waals surface area contributed by atoms with E-state index >= 15 is 0 Å². The number of carbonyl (C=O) groups excluding carboxylic acids is 1. The lowest BCUT2D eigenvalue weighted by Gasteiger charge is -2.27. The number of hydrogen-bond acceptors (Lipinski definition) is 4. The number of carbonyl (C=O) groups is 1. The van der Waals surface area contributed by atoms with Crippen LogP contribution in [0.3, 0.4) is 0 Å². The average molecular weight is 279 g/mol. The molecule has 1 N–H and O–H groups in total. The lowest BCUT2D eigenvalue weighted by Crippen LogP contribution is -2.44. The van der Waals surface area contributed by atoms with Gasteiger partial charge in [-0.3, -0.25) is 4.79 Å². The van der Waals surface area contributed by atoms with Crippen molar-refractivity contribution in [2.75, 3.05) is 14.1 Å². The first-order valence-corrected chi connectivity index (χ1v) is 7.19. The van der Waals surface area contributed by atoms with E-state index in [1.54, 1.807) is 0 Å². The van der Waals surface area contributed by atoms with Gasteiger partial charge in [-0.05, 0) is 26.9 Å². The van der Waals surface area contributed by atoms with Gasteiger partial charge in [-0.25, -0.2) is 0 Å². The molecule has 1 aliphatic carbocycles. The maximum absolute atomic E-state index is 12.1. The maximum atomic E-state index is 12.1. The van der Waals surface area contributed by atoms with Crippen LogP contribution in [0, 0.1) is 5.41 Å². The van der Waals surface area contributed by atoms with Gasteiger partial charge < -0.3 is 14.7 Å². The fourth-order valence-corrected chi connectivity index (χ4v) is 2.41. The van der Waals surface area contributed by atoms with E-state index in [1.807, 2.05) is 34.9 Å². The Morgan fingerprint density at radius 3 is 2.75 bits per heavy atom. The summed E-state index contributed by atoms with van der Waals surface area (Å²) in [5.74, 6) is 1.10. The molecule has 0 radical (unpaired) electrons. The summed E-state index contributed by atoms with van der Waals surface area (Å²) >= 11 is 0. The Hall–Kier alpha value is -1.36. The van der Waals surface area contributed by atoms with Gasteiger partial charge in [-0.2, -0.15) is 0 Å². The fourth-order valence-electron chi connectivity index (χ4n) is 2.41. The Balaban J connectivity index is 2.06. The predicted octanol–water partition coefficient (Wildman–Crippen LogP) is 1.76. The molecule has 2 rings (SSSR count). The molecule has 0 saturated carbocycles. The third kappa shape index (κ3) is 3.39. The van der Waals surface area contributed by atoms with Crippen molar-refractivity contribution in [3.05, 3.63) is 17.0 Å². The van der Waals surface area contributed by atoms with Gasteiger partial charge in [0.1, 0.15) is 11.5 Å². The number of amides is 1. The summed E-state index contributed by atoms with van der Waals surface area (Å²) in [6, 6.07) is 0.189. The van der Waals surface area contributed by atoms with Gasteiger partial charge >= 0.3 is 0 Å². The molecule has 1 atom stereocenters. The quantitative estimate of drug-likeness (QED) is 0.916. The summed E-state index contributed by atoms with van der Waals surface area (Å²) in [5.41, 5.74) is 1.84. The second kappa shape index (κ2) is 5.56. The van der Waals surface area contributed by atoms with E-state index in [2.05, 4.69) is 15.4 Å². The zero-order chi connectivity index (χ0) is 14.9. The number of aryl methyl sites for hydroxylation is 1. The molecule has 0 saturated heterocycles. The van der Waals surface area contributed by atoms with Crippen molar-refractivity contribution in [2.45, 2.75) is 52.6 Å². The van der Waals surface area contributed by atoms with Gasteiger partial charge in [0, 0.05) is 30.0 Å². The predicted molar refractivity (Wildman–Crippen MR) is 77.3 cm³/mol. The standard InChI is InChI=1S/C15H25N3O2/c1-15(2,3)14(19)16-10-6-7-13-11(8-10)12(17-20-13)9-18(4)5/h10H,6-9H2,1-5H3,(H,16,19). The van der Waals surface area contributed by atoms with Crippen LogP contribution in [0.15, 0.2) is 4.52 Å². The third-order valence-electron chi connectivity index (χ3n) is 3.60. The van der Waals surface area contributed by atoms with E-state index in [1.165, 1.54) is 5.56 Å². The molecule has 0 aliphatic heterocycles.